The van der Waals surface area contributed by atoms with Crippen molar-refractivity contribution in [2.75, 3.05) is 6.54 Å². The minimum absolute atomic E-state index is 0.123. The van der Waals surface area contributed by atoms with Crippen molar-refractivity contribution in [1.29, 1.82) is 0 Å². The number of nitrogens with one attached hydrogen (secondary N) is 1. The molecule has 3 rings (SSSR count). The third kappa shape index (κ3) is 3.61. The average molecular weight is 354 g/mol. The molecule has 1 amide bonds. The van der Waals surface area contributed by atoms with Crippen LogP contribution in [0.3, 0.4) is 0 Å². The lowest BCUT2D eigenvalue weighted by molar-refractivity contribution is 0.0954. The van der Waals surface area contributed by atoms with E-state index in [-0.39, 0.29) is 5.91 Å². The number of hydrogen-bond acceptors (Lipinski definition) is 4. The standard InChI is InChI=1S/C19H26N6O/c1-4-6-7-8-10-21-19(26)15-12-22-25-17(9-11-20-18(15)25)16-13-24(5-2)23-14(16)3/h9,11-13H,4-8,10H2,1-3H3,(H,21,26). The summed E-state index contributed by atoms with van der Waals surface area (Å²) in [6.07, 6.45) is 9.81. The van der Waals surface area contributed by atoms with Crippen LogP contribution in [0.15, 0.2) is 24.7 Å². The number of nitrogens with zero attached hydrogens (tertiary/aromatic N) is 5. The Bertz CT molecular complexity index is 895. The van der Waals surface area contributed by atoms with Gasteiger partial charge in [-0.15, -0.1) is 0 Å². The first-order valence-corrected chi connectivity index (χ1v) is 9.31. The van der Waals surface area contributed by atoms with Crippen LogP contribution >= 0.6 is 0 Å². The number of unbranched alkanes of at least 4 members (excludes halogenated alkanes) is 3. The van der Waals surface area contributed by atoms with Crippen molar-refractivity contribution < 1.29 is 4.79 Å². The Morgan fingerprint density at radius 3 is 2.81 bits per heavy atom. The van der Waals surface area contributed by atoms with E-state index < -0.39 is 0 Å². The number of aromatic nitrogens is 5. The molecular formula is C19H26N6O. The van der Waals surface area contributed by atoms with Crippen molar-refractivity contribution in [1.82, 2.24) is 29.7 Å². The van der Waals surface area contributed by atoms with Crippen LogP contribution in [0.25, 0.3) is 16.9 Å². The second kappa shape index (κ2) is 8.12. The van der Waals surface area contributed by atoms with E-state index in [9.17, 15) is 4.79 Å². The van der Waals surface area contributed by atoms with Gasteiger partial charge in [-0.3, -0.25) is 9.48 Å². The zero-order valence-corrected chi connectivity index (χ0v) is 15.7. The van der Waals surface area contributed by atoms with Gasteiger partial charge in [-0.05, 0) is 26.3 Å². The molecule has 0 bridgehead atoms. The average Bonchev–Trinajstić information content (AvgIpc) is 3.24. The molecule has 1 N–H and O–H groups in total. The van der Waals surface area contributed by atoms with Crippen molar-refractivity contribution in [3.8, 4) is 11.3 Å². The number of rotatable bonds is 8. The van der Waals surface area contributed by atoms with Gasteiger partial charge in [-0.2, -0.15) is 10.2 Å². The fourth-order valence-electron chi connectivity index (χ4n) is 3.04. The second-order valence-electron chi connectivity index (χ2n) is 6.42. The Kier molecular flexibility index (Phi) is 5.65. The fourth-order valence-corrected chi connectivity index (χ4v) is 3.04. The largest absolute Gasteiger partial charge is 0.352 e. The third-order valence-electron chi connectivity index (χ3n) is 4.51. The summed E-state index contributed by atoms with van der Waals surface area (Å²) in [4.78, 5) is 16.9. The van der Waals surface area contributed by atoms with E-state index in [1.165, 1.54) is 12.8 Å². The number of carbonyl (C=O) groups is 1. The van der Waals surface area contributed by atoms with Gasteiger partial charge in [0, 0.05) is 31.0 Å². The highest BCUT2D eigenvalue weighted by Crippen LogP contribution is 2.23. The van der Waals surface area contributed by atoms with Crippen LogP contribution in [0.5, 0.6) is 0 Å². The molecule has 0 aromatic carbocycles. The first-order chi connectivity index (χ1) is 12.7. The lowest BCUT2D eigenvalue weighted by Crippen LogP contribution is -2.24. The molecule has 0 aliphatic heterocycles. The van der Waals surface area contributed by atoms with E-state index >= 15 is 0 Å². The molecule has 0 saturated carbocycles. The van der Waals surface area contributed by atoms with Gasteiger partial charge in [0.1, 0.15) is 5.56 Å². The zero-order chi connectivity index (χ0) is 18.5. The summed E-state index contributed by atoms with van der Waals surface area (Å²) in [7, 11) is 0. The molecule has 0 radical (unpaired) electrons. The summed E-state index contributed by atoms with van der Waals surface area (Å²) in [6.45, 7) is 7.68. The Morgan fingerprint density at radius 1 is 1.23 bits per heavy atom. The number of aryl methyl sites for hydroxylation is 2. The van der Waals surface area contributed by atoms with Gasteiger partial charge in [0.2, 0.25) is 0 Å². The number of fused-ring (bicyclic) bond motifs is 1. The lowest BCUT2D eigenvalue weighted by atomic mass is 10.2. The van der Waals surface area contributed by atoms with Crippen molar-refractivity contribution in [3.63, 3.8) is 0 Å². The van der Waals surface area contributed by atoms with Crippen molar-refractivity contribution in [2.24, 2.45) is 0 Å². The third-order valence-corrected chi connectivity index (χ3v) is 4.51. The lowest BCUT2D eigenvalue weighted by Gasteiger charge is -2.05. The van der Waals surface area contributed by atoms with Gasteiger partial charge in [-0.25, -0.2) is 9.50 Å². The highest BCUT2D eigenvalue weighted by atomic mass is 16.1. The van der Waals surface area contributed by atoms with E-state index in [0.29, 0.717) is 17.8 Å². The molecule has 138 valence electrons. The fraction of sp³-hybridized carbons (Fsp3) is 0.474. The molecule has 7 nitrogen and oxygen atoms in total. The number of hydrogen-bond donors (Lipinski definition) is 1. The maximum atomic E-state index is 12.5. The quantitative estimate of drug-likeness (QED) is 0.630. The van der Waals surface area contributed by atoms with E-state index in [0.717, 1.165) is 36.3 Å². The normalized spacial score (nSPS) is 11.2. The predicted molar refractivity (Wildman–Crippen MR) is 101 cm³/mol. The zero-order valence-electron chi connectivity index (χ0n) is 15.7. The monoisotopic (exact) mass is 354 g/mol. The van der Waals surface area contributed by atoms with Gasteiger partial charge in [0.05, 0.1) is 17.6 Å². The SMILES string of the molecule is CCCCCCNC(=O)c1cnn2c(-c3cn(CC)nc3C)ccnc12. The van der Waals surface area contributed by atoms with Crippen molar-refractivity contribution in [2.45, 2.75) is 53.0 Å². The topological polar surface area (TPSA) is 77.1 Å². The highest BCUT2D eigenvalue weighted by molar-refractivity contribution is 5.99. The van der Waals surface area contributed by atoms with Crippen molar-refractivity contribution in [3.05, 3.63) is 35.9 Å². The molecule has 26 heavy (non-hydrogen) atoms. The van der Waals surface area contributed by atoms with Gasteiger partial charge < -0.3 is 5.32 Å². The smallest absolute Gasteiger partial charge is 0.256 e. The van der Waals surface area contributed by atoms with Crippen LogP contribution in [0.4, 0.5) is 0 Å². The van der Waals surface area contributed by atoms with Gasteiger partial charge >= 0.3 is 0 Å². The molecule has 0 fully saturated rings. The van der Waals surface area contributed by atoms with Crippen LogP contribution in [0, 0.1) is 6.92 Å². The maximum Gasteiger partial charge on any atom is 0.256 e. The summed E-state index contributed by atoms with van der Waals surface area (Å²) in [6, 6.07) is 1.90. The van der Waals surface area contributed by atoms with Crippen LogP contribution in [-0.4, -0.2) is 36.8 Å². The van der Waals surface area contributed by atoms with E-state index in [1.807, 2.05) is 23.9 Å². The van der Waals surface area contributed by atoms with Gasteiger partial charge in [0.15, 0.2) is 5.65 Å². The van der Waals surface area contributed by atoms with Crippen molar-refractivity contribution >= 4 is 11.6 Å². The summed E-state index contributed by atoms with van der Waals surface area (Å²) >= 11 is 0. The molecule has 0 aliphatic rings. The Hall–Kier alpha value is -2.70. The Labute approximate surface area is 153 Å². The molecular weight excluding hydrogens is 328 g/mol. The predicted octanol–water partition coefficient (Wildman–Crippen LogP) is 3.23. The molecule has 0 atom stereocenters. The molecule has 7 heteroatoms. The minimum Gasteiger partial charge on any atom is -0.352 e. The maximum absolute atomic E-state index is 12.5. The Balaban J connectivity index is 1.84. The summed E-state index contributed by atoms with van der Waals surface area (Å²) in [5, 5.41) is 11.9. The van der Waals surface area contributed by atoms with Crippen LogP contribution in [-0.2, 0) is 6.54 Å². The second-order valence-corrected chi connectivity index (χ2v) is 6.42. The van der Waals surface area contributed by atoms with Crippen LogP contribution in [0.1, 0.15) is 55.6 Å². The summed E-state index contributed by atoms with van der Waals surface area (Å²) < 4.78 is 3.61. The molecule has 3 heterocycles. The number of carbonyl (C=O) groups excluding carboxylic acids is 1. The minimum atomic E-state index is -0.123. The molecule has 0 spiro atoms. The van der Waals surface area contributed by atoms with Gasteiger partial charge in [0.25, 0.3) is 5.91 Å². The highest BCUT2D eigenvalue weighted by Gasteiger charge is 2.17. The van der Waals surface area contributed by atoms with Crippen LogP contribution < -0.4 is 5.32 Å². The number of amides is 1. The molecule has 3 aromatic heterocycles. The molecule has 0 aliphatic carbocycles. The summed E-state index contributed by atoms with van der Waals surface area (Å²) in [5.41, 5.74) is 3.87. The van der Waals surface area contributed by atoms with Gasteiger partial charge in [-0.1, -0.05) is 26.2 Å². The molecule has 0 saturated heterocycles. The summed E-state index contributed by atoms with van der Waals surface area (Å²) in [5.74, 6) is -0.123. The van der Waals surface area contributed by atoms with Crippen LogP contribution in [0.2, 0.25) is 0 Å². The Morgan fingerprint density at radius 2 is 2.08 bits per heavy atom. The first kappa shape index (κ1) is 18.1. The molecule has 0 unspecified atom stereocenters. The van der Waals surface area contributed by atoms with E-state index in [4.69, 9.17) is 0 Å². The molecule has 3 aromatic rings. The van der Waals surface area contributed by atoms with E-state index in [2.05, 4.69) is 34.3 Å². The van der Waals surface area contributed by atoms with E-state index in [1.54, 1.807) is 16.9 Å². The first-order valence-electron chi connectivity index (χ1n) is 9.31.